The quantitative estimate of drug-likeness (QED) is 0.574. The van der Waals surface area contributed by atoms with E-state index in [1.54, 1.807) is 24.0 Å². The number of benzene rings is 2. The van der Waals surface area contributed by atoms with Crippen molar-refractivity contribution in [3.63, 3.8) is 0 Å². The third kappa shape index (κ3) is 2.55. The van der Waals surface area contributed by atoms with Crippen LogP contribution in [0.1, 0.15) is 27.2 Å². The second-order valence-electron chi connectivity index (χ2n) is 6.36. The summed E-state index contributed by atoms with van der Waals surface area (Å²) in [6.07, 6.45) is 0.754. The lowest BCUT2D eigenvalue weighted by atomic mass is 10.0. The van der Waals surface area contributed by atoms with Crippen LogP contribution in [0.15, 0.2) is 42.5 Å². The molecule has 1 amide bonds. The van der Waals surface area contributed by atoms with Crippen LogP contribution in [-0.2, 0) is 13.0 Å². The number of aromatic nitrogens is 1. The van der Waals surface area contributed by atoms with Crippen molar-refractivity contribution in [2.24, 2.45) is 0 Å². The maximum atomic E-state index is 12.8. The average molecular weight is 335 g/mol. The Morgan fingerprint density at radius 2 is 2.04 bits per heavy atom. The van der Waals surface area contributed by atoms with Crippen molar-refractivity contribution in [3.8, 4) is 0 Å². The summed E-state index contributed by atoms with van der Waals surface area (Å²) >= 11 is 0. The minimum atomic E-state index is -0.444. The molecule has 2 aromatic carbocycles. The Kier molecular flexibility index (Phi) is 3.53. The maximum Gasteiger partial charge on any atom is 0.273 e. The monoisotopic (exact) mass is 335 g/mol. The molecule has 0 bridgehead atoms. The van der Waals surface area contributed by atoms with Crippen molar-refractivity contribution in [2.75, 3.05) is 6.54 Å². The summed E-state index contributed by atoms with van der Waals surface area (Å²) in [5, 5.41) is 12.3. The molecular weight excluding hydrogens is 318 g/mol. The summed E-state index contributed by atoms with van der Waals surface area (Å²) in [7, 11) is 0. The standard InChI is InChI=1S/C19H17N3O3/c1-12-6-7-13(10-18(12)22(24)25)19(23)21-9-8-17-15(11-21)14-4-2-3-5-16(14)20-17/h2-7,10,20H,8-9,11H2,1H3. The molecular formula is C19H17N3O3. The van der Waals surface area contributed by atoms with E-state index in [0.29, 0.717) is 24.2 Å². The zero-order valence-corrected chi connectivity index (χ0v) is 13.8. The molecule has 1 aliphatic rings. The van der Waals surface area contributed by atoms with Gasteiger partial charge < -0.3 is 9.88 Å². The minimum absolute atomic E-state index is 0.0179. The Labute approximate surface area is 144 Å². The molecule has 1 aliphatic heterocycles. The van der Waals surface area contributed by atoms with Gasteiger partial charge in [0.25, 0.3) is 11.6 Å². The van der Waals surface area contributed by atoms with E-state index in [-0.39, 0.29) is 11.6 Å². The van der Waals surface area contributed by atoms with Crippen molar-refractivity contribution < 1.29 is 9.72 Å². The third-order valence-corrected chi connectivity index (χ3v) is 4.82. The maximum absolute atomic E-state index is 12.8. The number of aromatic amines is 1. The van der Waals surface area contributed by atoms with Crippen LogP contribution in [0.25, 0.3) is 10.9 Å². The van der Waals surface area contributed by atoms with Gasteiger partial charge in [-0.05, 0) is 19.1 Å². The van der Waals surface area contributed by atoms with Crippen LogP contribution in [-0.4, -0.2) is 27.3 Å². The molecule has 0 atom stereocenters. The number of fused-ring (bicyclic) bond motifs is 3. The van der Waals surface area contributed by atoms with Gasteiger partial charge in [-0.2, -0.15) is 0 Å². The zero-order chi connectivity index (χ0) is 17.6. The van der Waals surface area contributed by atoms with Gasteiger partial charge in [-0.25, -0.2) is 0 Å². The summed E-state index contributed by atoms with van der Waals surface area (Å²) in [5.74, 6) is -0.168. The van der Waals surface area contributed by atoms with Gasteiger partial charge in [0.1, 0.15) is 0 Å². The normalized spacial score (nSPS) is 13.7. The first kappa shape index (κ1) is 15.4. The first-order valence-corrected chi connectivity index (χ1v) is 8.17. The van der Waals surface area contributed by atoms with Crippen LogP contribution in [0.3, 0.4) is 0 Å². The number of nitro groups is 1. The Bertz CT molecular complexity index is 1010. The van der Waals surface area contributed by atoms with Crippen LogP contribution < -0.4 is 0 Å². The van der Waals surface area contributed by atoms with Crippen molar-refractivity contribution in [2.45, 2.75) is 19.9 Å². The predicted octanol–water partition coefficient (Wildman–Crippen LogP) is 3.58. The van der Waals surface area contributed by atoms with Crippen molar-refractivity contribution in [1.29, 1.82) is 0 Å². The van der Waals surface area contributed by atoms with E-state index >= 15 is 0 Å². The van der Waals surface area contributed by atoms with E-state index < -0.39 is 4.92 Å². The number of rotatable bonds is 2. The largest absolute Gasteiger partial charge is 0.358 e. The van der Waals surface area contributed by atoms with Gasteiger partial charge in [-0.15, -0.1) is 0 Å². The Morgan fingerprint density at radius 3 is 2.84 bits per heavy atom. The molecule has 0 saturated carbocycles. The summed E-state index contributed by atoms with van der Waals surface area (Å²) < 4.78 is 0. The van der Waals surface area contributed by atoms with Crippen molar-refractivity contribution in [1.82, 2.24) is 9.88 Å². The van der Waals surface area contributed by atoms with Crippen LogP contribution >= 0.6 is 0 Å². The molecule has 0 spiro atoms. The highest BCUT2D eigenvalue weighted by molar-refractivity contribution is 5.95. The van der Waals surface area contributed by atoms with Crippen molar-refractivity contribution in [3.05, 3.63) is 75.0 Å². The highest BCUT2D eigenvalue weighted by Gasteiger charge is 2.26. The molecule has 0 saturated heterocycles. The fourth-order valence-corrected chi connectivity index (χ4v) is 3.46. The average Bonchev–Trinajstić information content (AvgIpc) is 2.99. The number of nitro benzene ring substituents is 1. The van der Waals surface area contributed by atoms with E-state index in [2.05, 4.69) is 11.1 Å². The molecule has 4 rings (SSSR count). The molecule has 1 N–H and O–H groups in total. The van der Waals surface area contributed by atoms with Gasteiger partial charge in [0, 0.05) is 58.9 Å². The Balaban J connectivity index is 1.66. The van der Waals surface area contributed by atoms with Gasteiger partial charge in [-0.1, -0.05) is 24.3 Å². The molecule has 126 valence electrons. The van der Waals surface area contributed by atoms with Crippen LogP contribution in [0.4, 0.5) is 5.69 Å². The number of para-hydroxylation sites is 1. The number of aryl methyl sites for hydroxylation is 1. The van der Waals surface area contributed by atoms with E-state index in [1.165, 1.54) is 11.8 Å². The number of carbonyl (C=O) groups excluding carboxylic acids is 1. The molecule has 0 radical (unpaired) electrons. The van der Waals surface area contributed by atoms with Gasteiger partial charge >= 0.3 is 0 Å². The topological polar surface area (TPSA) is 79.2 Å². The van der Waals surface area contributed by atoms with Gasteiger partial charge in [-0.3, -0.25) is 14.9 Å². The highest BCUT2D eigenvalue weighted by Crippen LogP contribution is 2.29. The number of nitrogens with zero attached hydrogens (tertiary/aromatic N) is 2. The predicted molar refractivity (Wildman–Crippen MR) is 94.6 cm³/mol. The first-order valence-electron chi connectivity index (χ1n) is 8.17. The number of hydrogen-bond acceptors (Lipinski definition) is 3. The fraction of sp³-hybridized carbons (Fsp3) is 0.211. The van der Waals surface area contributed by atoms with Crippen molar-refractivity contribution >= 4 is 22.5 Å². The first-order chi connectivity index (χ1) is 12.0. The van der Waals surface area contributed by atoms with Gasteiger partial charge in [0.2, 0.25) is 0 Å². The molecule has 2 heterocycles. The summed E-state index contributed by atoms with van der Waals surface area (Å²) in [6, 6.07) is 12.7. The second-order valence-corrected chi connectivity index (χ2v) is 6.36. The third-order valence-electron chi connectivity index (χ3n) is 4.82. The molecule has 6 heteroatoms. The minimum Gasteiger partial charge on any atom is -0.358 e. The zero-order valence-electron chi connectivity index (χ0n) is 13.8. The molecule has 6 nitrogen and oxygen atoms in total. The van der Waals surface area contributed by atoms with Gasteiger partial charge in [0.05, 0.1) is 4.92 Å². The van der Waals surface area contributed by atoms with E-state index in [9.17, 15) is 14.9 Å². The smallest absolute Gasteiger partial charge is 0.273 e. The fourth-order valence-electron chi connectivity index (χ4n) is 3.46. The van der Waals surface area contributed by atoms with Crippen LogP contribution in [0.2, 0.25) is 0 Å². The molecule has 0 fully saturated rings. The number of H-pyrrole nitrogens is 1. The molecule has 3 aromatic rings. The van der Waals surface area contributed by atoms with Gasteiger partial charge in [0.15, 0.2) is 0 Å². The number of carbonyl (C=O) groups is 1. The molecule has 25 heavy (non-hydrogen) atoms. The summed E-state index contributed by atoms with van der Waals surface area (Å²) in [6.45, 7) is 2.78. The number of hydrogen-bond donors (Lipinski definition) is 1. The second kappa shape index (κ2) is 5.73. The SMILES string of the molecule is Cc1ccc(C(=O)N2CCc3[nH]c4ccccc4c3C2)cc1[N+](=O)[O-]. The lowest BCUT2D eigenvalue weighted by Crippen LogP contribution is -2.35. The van der Waals surface area contributed by atoms with Crippen LogP contribution in [0, 0.1) is 17.0 Å². The molecule has 0 unspecified atom stereocenters. The Morgan fingerprint density at radius 1 is 1.24 bits per heavy atom. The molecule has 1 aromatic heterocycles. The van der Waals surface area contributed by atoms with E-state index in [4.69, 9.17) is 0 Å². The number of nitrogens with one attached hydrogen (secondary N) is 1. The van der Waals surface area contributed by atoms with E-state index in [1.807, 2.05) is 18.2 Å². The van der Waals surface area contributed by atoms with Crippen LogP contribution in [0.5, 0.6) is 0 Å². The summed E-state index contributed by atoms with van der Waals surface area (Å²) in [4.78, 5) is 28.7. The van der Waals surface area contributed by atoms with E-state index in [0.717, 1.165) is 22.9 Å². The molecule has 0 aliphatic carbocycles. The summed E-state index contributed by atoms with van der Waals surface area (Å²) in [5.41, 5.74) is 4.28. The highest BCUT2D eigenvalue weighted by atomic mass is 16.6. The Hall–Kier alpha value is -3.15. The lowest BCUT2D eigenvalue weighted by molar-refractivity contribution is -0.385. The lowest BCUT2D eigenvalue weighted by Gasteiger charge is -2.27. The number of amides is 1.